The lowest BCUT2D eigenvalue weighted by Gasteiger charge is -2.05. The molecule has 0 bridgehead atoms. The summed E-state index contributed by atoms with van der Waals surface area (Å²) in [6.45, 7) is 0.328. The number of fused-ring (bicyclic) bond motifs is 1. The highest BCUT2D eigenvalue weighted by Crippen LogP contribution is 2.23. The average Bonchev–Trinajstić information content (AvgIpc) is 3.27. The number of H-pyrrole nitrogens is 1. The van der Waals surface area contributed by atoms with Gasteiger partial charge in [0.25, 0.3) is 5.91 Å². The Kier molecular flexibility index (Phi) is 3.78. The van der Waals surface area contributed by atoms with Gasteiger partial charge in [0.05, 0.1) is 17.8 Å². The highest BCUT2D eigenvalue weighted by atomic mass is 19.1. The molecule has 124 valence electrons. The molecule has 1 amide bonds. The van der Waals surface area contributed by atoms with E-state index in [0.717, 1.165) is 22.5 Å². The number of nitrogens with zero attached hydrogens (tertiary/aromatic N) is 2. The first-order valence-corrected chi connectivity index (χ1v) is 7.84. The predicted octanol–water partition coefficient (Wildman–Crippen LogP) is 3.40. The van der Waals surface area contributed by atoms with Crippen LogP contribution in [-0.4, -0.2) is 20.3 Å². The van der Waals surface area contributed by atoms with Crippen molar-refractivity contribution in [1.29, 1.82) is 0 Å². The van der Waals surface area contributed by atoms with Crippen molar-refractivity contribution >= 4 is 11.6 Å². The molecule has 5 nitrogen and oxygen atoms in total. The van der Waals surface area contributed by atoms with Crippen molar-refractivity contribution < 1.29 is 9.18 Å². The Morgan fingerprint density at radius 1 is 1.16 bits per heavy atom. The van der Waals surface area contributed by atoms with Gasteiger partial charge in [-0.25, -0.2) is 9.37 Å². The minimum atomic E-state index is -0.308. The largest absolute Gasteiger partial charge is 0.366 e. The third-order valence-electron chi connectivity index (χ3n) is 3.99. The zero-order chi connectivity index (χ0) is 17.2. The number of pyridine rings is 1. The molecule has 3 heterocycles. The van der Waals surface area contributed by atoms with Gasteiger partial charge in [-0.2, -0.15) is 0 Å². The van der Waals surface area contributed by atoms with Crippen LogP contribution in [-0.2, 0) is 6.54 Å². The molecule has 0 unspecified atom stereocenters. The quantitative estimate of drug-likeness (QED) is 0.601. The van der Waals surface area contributed by atoms with Gasteiger partial charge in [-0.15, -0.1) is 0 Å². The summed E-state index contributed by atoms with van der Waals surface area (Å²) in [5, 5.41) is 2.88. The molecule has 0 spiro atoms. The van der Waals surface area contributed by atoms with Crippen LogP contribution in [0.15, 0.2) is 67.3 Å². The lowest BCUT2D eigenvalue weighted by Crippen LogP contribution is -2.23. The van der Waals surface area contributed by atoms with E-state index in [4.69, 9.17) is 0 Å². The van der Waals surface area contributed by atoms with Crippen molar-refractivity contribution in [3.63, 3.8) is 0 Å². The molecule has 4 rings (SSSR count). The van der Waals surface area contributed by atoms with E-state index in [-0.39, 0.29) is 11.7 Å². The van der Waals surface area contributed by atoms with Crippen molar-refractivity contribution in [3.8, 4) is 11.1 Å². The molecule has 25 heavy (non-hydrogen) atoms. The van der Waals surface area contributed by atoms with Crippen LogP contribution in [0, 0.1) is 5.82 Å². The Labute approximate surface area is 143 Å². The lowest BCUT2D eigenvalue weighted by atomic mass is 10.0. The summed E-state index contributed by atoms with van der Waals surface area (Å²) >= 11 is 0. The predicted molar refractivity (Wildman–Crippen MR) is 92.5 cm³/mol. The highest BCUT2D eigenvalue weighted by molar-refractivity contribution is 6.00. The van der Waals surface area contributed by atoms with Gasteiger partial charge in [0.2, 0.25) is 0 Å². The maximum absolute atomic E-state index is 13.1. The molecule has 2 N–H and O–H groups in total. The molecule has 0 aliphatic rings. The van der Waals surface area contributed by atoms with Gasteiger partial charge in [-0.3, -0.25) is 4.79 Å². The fourth-order valence-corrected chi connectivity index (χ4v) is 2.76. The zero-order valence-corrected chi connectivity index (χ0v) is 13.2. The summed E-state index contributed by atoms with van der Waals surface area (Å²) in [5.41, 5.74) is 3.63. The van der Waals surface area contributed by atoms with Crippen LogP contribution in [0.4, 0.5) is 4.39 Å². The molecule has 0 saturated heterocycles. The molecule has 4 aromatic rings. The van der Waals surface area contributed by atoms with E-state index in [9.17, 15) is 9.18 Å². The van der Waals surface area contributed by atoms with Crippen molar-refractivity contribution in [2.45, 2.75) is 6.54 Å². The van der Waals surface area contributed by atoms with Gasteiger partial charge in [0.15, 0.2) is 0 Å². The smallest absolute Gasteiger partial charge is 0.253 e. The molecule has 1 aromatic carbocycles. The van der Waals surface area contributed by atoms with E-state index in [1.807, 2.05) is 35.0 Å². The van der Waals surface area contributed by atoms with Crippen LogP contribution >= 0.6 is 0 Å². The van der Waals surface area contributed by atoms with Gasteiger partial charge in [0.1, 0.15) is 11.5 Å². The van der Waals surface area contributed by atoms with E-state index in [1.165, 1.54) is 12.1 Å². The molecule has 0 radical (unpaired) electrons. The van der Waals surface area contributed by atoms with Gasteiger partial charge in [-0.05, 0) is 29.8 Å². The summed E-state index contributed by atoms with van der Waals surface area (Å²) < 4.78 is 15.0. The molecule has 0 atom stereocenters. The monoisotopic (exact) mass is 334 g/mol. The number of aromatic amines is 1. The first-order valence-electron chi connectivity index (χ1n) is 7.84. The number of carbonyl (C=O) groups is 1. The normalized spacial score (nSPS) is 10.9. The molecular weight excluding hydrogens is 319 g/mol. The fraction of sp³-hybridized carbons (Fsp3) is 0.0526. The fourth-order valence-electron chi connectivity index (χ4n) is 2.76. The molecule has 3 aromatic heterocycles. The Hall–Kier alpha value is -3.41. The maximum Gasteiger partial charge on any atom is 0.253 e. The van der Waals surface area contributed by atoms with Crippen molar-refractivity contribution in [3.05, 3.63) is 84.3 Å². The van der Waals surface area contributed by atoms with Gasteiger partial charge < -0.3 is 14.7 Å². The number of aromatic nitrogens is 3. The topological polar surface area (TPSA) is 62.2 Å². The number of halogens is 1. The number of hydrogen-bond donors (Lipinski definition) is 2. The second-order valence-electron chi connectivity index (χ2n) is 5.67. The summed E-state index contributed by atoms with van der Waals surface area (Å²) in [6, 6.07) is 11.8. The molecule has 0 aliphatic heterocycles. The number of nitrogens with one attached hydrogen (secondary N) is 2. The molecule has 0 aliphatic carbocycles. The van der Waals surface area contributed by atoms with E-state index in [0.29, 0.717) is 12.1 Å². The zero-order valence-electron chi connectivity index (χ0n) is 13.2. The second kappa shape index (κ2) is 6.24. The summed E-state index contributed by atoms with van der Waals surface area (Å²) in [6.07, 6.45) is 7.16. The average molecular weight is 334 g/mol. The SMILES string of the molecule is O=C(NCc1cn2ccccc2n1)c1c[nH]cc1-c1ccc(F)cc1. The number of amides is 1. The minimum Gasteiger partial charge on any atom is -0.366 e. The Morgan fingerprint density at radius 3 is 2.80 bits per heavy atom. The van der Waals surface area contributed by atoms with Gasteiger partial charge >= 0.3 is 0 Å². The Balaban J connectivity index is 1.52. The maximum atomic E-state index is 13.1. The molecule has 0 fully saturated rings. The van der Waals surface area contributed by atoms with Gasteiger partial charge in [0, 0.05) is 30.4 Å². The first-order chi connectivity index (χ1) is 12.2. The summed E-state index contributed by atoms with van der Waals surface area (Å²) in [5.74, 6) is -0.519. The Morgan fingerprint density at radius 2 is 2.00 bits per heavy atom. The van der Waals surface area contributed by atoms with E-state index < -0.39 is 0 Å². The van der Waals surface area contributed by atoms with Crippen molar-refractivity contribution in [2.75, 3.05) is 0 Å². The van der Waals surface area contributed by atoms with Crippen LogP contribution in [0.5, 0.6) is 0 Å². The third kappa shape index (κ3) is 3.01. The van der Waals surface area contributed by atoms with Crippen LogP contribution in [0.1, 0.15) is 16.1 Å². The van der Waals surface area contributed by atoms with Crippen molar-refractivity contribution in [1.82, 2.24) is 19.7 Å². The molecule has 0 saturated carbocycles. The van der Waals surface area contributed by atoms with Gasteiger partial charge in [-0.1, -0.05) is 18.2 Å². The molecule has 6 heteroatoms. The highest BCUT2D eigenvalue weighted by Gasteiger charge is 2.14. The van der Waals surface area contributed by atoms with Crippen LogP contribution in [0.2, 0.25) is 0 Å². The molecular formula is C19H15FN4O. The van der Waals surface area contributed by atoms with Crippen molar-refractivity contribution in [2.24, 2.45) is 0 Å². The summed E-state index contributed by atoms with van der Waals surface area (Å²) in [4.78, 5) is 19.9. The number of benzene rings is 1. The second-order valence-corrected chi connectivity index (χ2v) is 5.67. The summed E-state index contributed by atoms with van der Waals surface area (Å²) in [7, 11) is 0. The standard InChI is InChI=1S/C19H15FN4O/c20-14-6-4-13(5-7-14)16-10-21-11-17(16)19(25)22-9-15-12-24-8-2-1-3-18(24)23-15/h1-8,10-12,21H,9H2,(H,22,25). The van der Waals surface area contributed by atoms with Crippen LogP contribution < -0.4 is 5.32 Å². The minimum absolute atomic E-state index is 0.211. The van der Waals surface area contributed by atoms with E-state index in [1.54, 1.807) is 24.5 Å². The van der Waals surface area contributed by atoms with E-state index in [2.05, 4.69) is 15.3 Å². The lowest BCUT2D eigenvalue weighted by molar-refractivity contribution is 0.0951. The number of rotatable bonds is 4. The number of imidazole rings is 1. The Bertz CT molecular complexity index is 1000. The third-order valence-corrected chi connectivity index (χ3v) is 3.99. The number of hydrogen-bond acceptors (Lipinski definition) is 2. The van der Waals surface area contributed by atoms with Crippen LogP contribution in [0.3, 0.4) is 0 Å². The first kappa shape index (κ1) is 15.1. The van der Waals surface area contributed by atoms with E-state index >= 15 is 0 Å². The number of carbonyl (C=O) groups excluding carboxylic acids is 1. The van der Waals surface area contributed by atoms with Crippen LogP contribution in [0.25, 0.3) is 16.8 Å².